The first-order chi connectivity index (χ1) is 17.9. The Morgan fingerprint density at radius 2 is 0.938 bits per heavy atom. The Hall–Kier alpha value is -4.30. The SMILES string of the molecule is [2H]c1c([2H])c([2H])c(Nc2ccc(-c3ccc(N(c4ccccc4)c4ccccc4)cc3)cc2)c([2H])c1[2H]. The summed E-state index contributed by atoms with van der Waals surface area (Å²) in [4.78, 5) is 2.21. The van der Waals surface area contributed by atoms with E-state index < -0.39 is 6.04 Å². The van der Waals surface area contributed by atoms with Crippen LogP contribution in [0.1, 0.15) is 6.85 Å². The lowest BCUT2D eigenvalue weighted by Crippen LogP contribution is -2.09. The van der Waals surface area contributed by atoms with Crippen LogP contribution in [0.4, 0.5) is 28.4 Å². The summed E-state index contributed by atoms with van der Waals surface area (Å²) in [6.45, 7) is 0. The van der Waals surface area contributed by atoms with Gasteiger partial charge in [0.25, 0.3) is 0 Å². The zero-order valence-electron chi connectivity index (χ0n) is 22.3. The number of hydrogen-bond acceptors (Lipinski definition) is 2. The highest BCUT2D eigenvalue weighted by Gasteiger charge is 2.11. The van der Waals surface area contributed by atoms with Crippen LogP contribution in [0.15, 0.2) is 139 Å². The van der Waals surface area contributed by atoms with Gasteiger partial charge in [-0.2, -0.15) is 0 Å². The molecule has 0 aliphatic heterocycles. The van der Waals surface area contributed by atoms with E-state index in [2.05, 4.69) is 58.7 Å². The summed E-state index contributed by atoms with van der Waals surface area (Å²) in [6.07, 6.45) is 0. The summed E-state index contributed by atoms with van der Waals surface area (Å²) in [5, 5.41) is 2.98. The number of nitrogens with one attached hydrogen (secondary N) is 1. The molecule has 5 aromatic rings. The Labute approximate surface area is 196 Å². The second kappa shape index (κ2) is 9.23. The molecule has 32 heavy (non-hydrogen) atoms. The lowest BCUT2D eigenvalue weighted by Gasteiger charge is -2.25. The van der Waals surface area contributed by atoms with Crippen LogP contribution < -0.4 is 10.2 Å². The molecule has 0 spiro atoms. The van der Waals surface area contributed by atoms with E-state index in [0.717, 1.165) is 28.2 Å². The first kappa shape index (κ1) is 14.7. The standard InChI is InChI=1S/C30H24N2/c1-4-10-26(11-5-1)31-27-20-16-24(17-21-27)25-18-22-30(23-19-25)32(28-12-6-2-7-13-28)29-14-8-3-9-15-29/h1-23,31H/i1D,4D,5D,10D,11D. The smallest absolute Gasteiger partial charge is 0.0645 e. The fourth-order valence-corrected chi connectivity index (χ4v) is 3.61. The van der Waals surface area contributed by atoms with Gasteiger partial charge < -0.3 is 10.2 Å². The molecular formula is C30H24N2. The van der Waals surface area contributed by atoms with Crippen molar-refractivity contribution in [1.29, 1.82) is 0 Å². The van der Waals surface area contributed by atoms with Crippen molar-refractivity contribution in [2.45, 2.75) is 0 Å². The molecular weight excluding hydrogens is 388 g/mol. The van der Waals surface area contributed by atoms with Crippen LogP contribution in [0.5, 0.6) is 0 Å². The molecule has 5 aromatic carbocycles. The molecule has 0 aliphatic rings. The monoisotopic (exact) mass is 417 g/mol. The maximum atomic E-state index is 8.10. The summed E-state index contributed by atoms with van der Waals surface area (Å²) < 4.78 is 39.7. The molecule has 1 N–H and O–H groups in total. The van der Waals surface area contributed by atoms with Crippen LogP contribution in [-0.4, -0.2) is 0 Å². The highest BCUT2D eigenvalue weighted by atomic mass is 15.1. The number of benzene rings is 5. The molecule has 2 nitrogen and oxygen atoms in total. The molecule has 5 rings (SSSR count). The van der Waals surface area contributed by atoms with E-state index in [4.69, 9.17) is 6.85 Å². The third-order valence-corrected chi connectivity index (χ3v) is 5.14. The van der Waals surface area contributed by atoms with Crippen molar-refractivity contribution in [3.63, 3.8) is 0 Å². The van der Waals surface area contributed by atoms with Crippen molar-refractivity contribution in [3.8, 4) is 11.1 Å². The van der Waals surface area contributed by atoms with Crippen LogP contribution in [0.25, 0.3) is 11.1 Å². The van der Waals surface area contributed by atoms with Gasteiger partial charge in [0.1, 0.15) is 0 Å². The van der Waals surface area contributed by atoms with Gasteiger partial charge in [0.05, 0.1) is 6.85 Å². The van der Waals surface area contributed by atoms with Gasteiger partial charge in [0.15, 0.2) is 0 Å². The van der Waals surface area contributed by atoms with Crippen molar-refractivity contribution < 1.29 is 6.85 Å². The van der Waals surface area contributed by atoms with Crippen molar-refractivity contribution in [3.05, 3.63) is 139 Å². The van der Waals surface area contributed by atoms with Crippen molar-refractivity contribution in [2.75, 3.05) is 10.2 Å². The molecule has 0 aliphatic carbocycles. The maximum Gasteiger partial charge on any atom is 0.0645 e. The Balaban J connectivity index is 1.40. The molecule has 0 amide bonds. The van der Waals surface area contributed by atoms with Gasteiger partial charge in [-0.3, -0.25) is 0 Å². The molecule has 0 aromatic heterocycles. The van der Waals surface area contributed by atoms with Crippen LogP contribution >= 0.6 is 0 Å². The van der Waals surface area contributed by atoms with E-state index in [1.54, 1.807) is 0 Å². The van der Waals surface area contributed by atoms with Crippen LogP contribution in [0.3, 0.4) is 0 Å². The van der Waals surface area contributed by atoms with Gasteiger partial charge in [-0.1, -0.05) is 78.8 Å². The van der Waals surface area contributed by atoms with E-state index in [1.807, 2.05) is 60.7 Å². The lowest BCUT2D eigenvalue weighted by molar-refractivity contribution is 1.28. The molecule has 154 valence electrons. The average Bonchev–Trinajstić information content (AvgIpc) is 2.95. The fraction of sp³-hybridized carbons (Fsp3) is 0. The van der Waals surface area contributed by atoms with Gasteiger partial charge in [-0.15, -0.1) is 0 Å². The number of rotatable bonds is 6. The zero-order valence-corrected chi connectivity index (χ0v) is 17.3. The van der Waals surface area contributed by atoms with E-state index in [9.17, 15) is 0 Å². The Kier molecular flexibility index (Phi) is 4.23. The second-order valence-electron chi connectivity index (χ2n) is 7.26. The summed E-state index contributed by atoms with van der Waals surface area (Å²) in [6, 6.07) is 34.7. The normalized spacial score (nSPS) is 12.7. The molecule has 0 unspecified atom stereocenters. The average molecular weight is 418 g/mol. The highest BCUT2D eigenvalue weighted by molar-refractivity contribution is 5.78. The summed E-state index contributed by atoms with van der Waals surface area (Å²) >= 11 is 0. The number of para-hydroxylation sites is 3. The zero-order chi connectivity index (χ0) is 25.9. The van der Waals surface area contributed by atoms with Gasteiger partial charge >= 0.3 is 0 Å². The first-order valence-electron chi connectivity index (χ1n) is 12.9. The minimum Gasteiger partial charge on any atom is -0.356 e. The Morgan fingerprint density at radius 1 is 0.469 bits per heavy atom. The second-order valence-corrected chi connectivity index (χ2v) is 7.26. The largest absolute Gasteiger partial charge is 0.356 e. The van der Waals surface area contributed by atoms with Crippen molar-refractivity contribution in [2.24, 2.45) is 0 Å². The number of hydrogen-bond donors (Lipinski definition) is 1. The third kappa shape index (κ3) is 4.40. The van der Waals surface area contributed by atoms with Gasteiger partial charge in [0.2, 0.25) is 0 Å². The first-order valence-corrected chi connectivity index (χ1v) is 10.4. The minimum atomic E-state index is -0.405. The molecule has 0 saturated heterocycles. The van der Waals surface area contributed by atoms with Crippen LogP contribution in [0, 0.1) is 0 Å². The van der Waals surface area contributed by atoms with Crippen LogP contribution in [-0.2, 0) is 0 Å². The van der Waals surface area contributed by atoms with Crippen molar-refractivity contribution >= 4 is 28.4 Å². The molecule has 0 bridgehead atoms. The maximum absolute atomic E-state index is 8.10. The highest BCUT2D eigenvalue weighted by Crippen LogP contribution is 2.35. The summed E-state index contributed by atoms with van der Waals surface area (Å²) in [5.41, 5.74) is 5.93. The molecule has 0 heterocycles. The summed E-state index contributed by atoms with van der Waals surface area (Å²) in [5.74, 6) is 0. The molecule has 2 heteroatoms. The van der Waals surface area contributed by atoms with Gasteiger partial charge in [0, 0.05) is 28.4 Å². The third-order valence-electron chi connectivity index (χ3n) is 5.14. The molecule has 0 fully saturated rings. The minimum absolute atomic E-state index is 0.0602. The van der Waals surface area contributed by atoms with Crippen molar-refractivity contribution in [1.82, 2.24) is 0 Å². The van der Waals surface area contributed by atoms with Gasteiger partial charge in [-0.25, -0.2) is 0 Å². The quantitative estimate of drug-likeness (QED) is 0.298. The summed E-state index contributed by atoms with van der Waals surface area (Å²) in [7, 11) is 0. The van der Waals surface area contributed by atoms with E-state index in [0.29, 0.717) is 5.69 Å². The number of anilines is 5. The van der Waals surface area contributed by atoms with E-state index in [-0.39, 0.29) is 29.9 Å². The molecule has 0 radical (unpaired) electrons. The molecule has 0 atom stereocenters. The fourth-order valence-electron chi connectivity index (χ4n) is 3.61. The Bertz CT molecular complexity index is 1450. The predicted octanol–water partition coefficient (Wildman–Crippen LogP) is 8.57. The topological polar surface area (TPSA) is 15.3 Å². The Morgan fingerprint density at radius 3 is 1.47 bits per heavy atom. The lowest BCUT2D eigenvalue weighted by atomic mass is 10.0. The van der Waals surface area contributed by atoms with E-state index in [1.165, 1.54) is 0 Å². The van der Waals surface area contributed by atoms with Gasteiger partial charge in [-0.05, 0) is 71.7 Å². The van der Waals surface area contributed by atoms with E-state index >= 15 is 0 Å². The predicted molar refractivity (Wildman–Crippen MR) is 136 cm³/mol. The molecule has 0 saturated carbocycles. The van der Waals surface area contributed by atoms with Crippen LogP contribution in [0.2, 0.25) is 0 Å². The number of nitrogens with zero attached hydrogens (tertiary/aromatic N) is 1.